The van der Waals surface area contributed by atoms with Crippen LogP contribution in [0.3, 0.4) is 0 Å². The van der Waals surface area contributed by atoms with E-state index in [2.05, 4.69) is 63.2 Å². The molecule has 0 unspecified atom stereocenters. The van der Waals surface area contributed by atoms with Gasteiger partial charge in [0.05, 0.1) is 5.69 Å². The molecule has 0 saturated carbocycles. The number of hydrogen-bond acceptors (Lipinski definition) is 2. The number of benzene rings is 3. The average molecular weight is 349 g/mol. The lowest BCUT2D eigenvalue weighted by molar-refractivity contribution is 0.104. The van der Waals surface area contributed by atoms with Crippen molar-refractivity contribution in [3.63, 3.8) is 0 Å². The molecule has 0 amide bonds. The SMILES string of the molecule is Cc1cc(C)cc(-c2ncc3c4c(cccc24)-c2c(C)cccc2C3=O)c1. The second-order valence-electron chi connectivity index (χ2n) is 7.45. The summed E-state index contributed by atoms with van der Waals surface area (Å²) >= 11 is 0. The van der Waals surface area contributed by atoms with Gasteiger partial charge in [-0.2, -0.15) is 0 Å². The first-order valence-corrected chi connectivity index (χ1v) is 9.19. The second kappa shape index (κ2) is 5.62. The van der Waals surface area contributed by atoms with Gasteiger partial charge in [-0.3, -0.25) is 9.78 Å². The molecule has 3 aromatic carbocycles. The van der Waals surface area contributed by atoms with Crippen LogP contribution in [-0.2, 0) is 0 Å². The molecule has 2 nitrogen and oxygen atoms in total. The summed E-state index contributed by atoms with van der Waals surface area (Å²) in [6.07, 6.45) is 1.76. The van der Waals surface area contributed by atoms with Crippen LogP contribution in [-0.4, -0.2) is 10.8 Å². The van der Waals surface area contributed by atoms with E-state index in [1.807, 2.05) is 12.1 Å². The fourth-order valence-corrected chi connectivity index (χ4v) is 4.38. The number of carbonyl (C=O) groups excluding carboxylic acids is 1. The Morgan fingerprint density at radius 1 is 0.778 bits per heavy atom. The zero-order valence-electron chi connectivity index (χ0n) is 15.6. The van der Waals surface area contributed by atoms with E-state index in [0.717, 1.165) is 44.3 Å². The van der Waals surface area contributed by atoms with E-state index >= 15 is 0 Å². The second-order valence-corrected chi connectivity index (χ2v) is 7.45. The van der Waals surface area contributed by atoms with Crippen molar-refractivity contribution in [2.75, 3.05) is 0 Å². The van der Waals surface area contributed by atoms with Gasteiger partial charge >= 0.3 is 0 Å². The summed E-state index contributed by atoms with van der Waals surface area (Å²) in [5, 5.41) is 2.06. The van der Waals surface area contributed by atoms with Crippen LogP contribution in [0.5, 0.6) is 0 Å². The molecule has 4 aromatic rings. The largest absolute Gasteiger partial charge is 0.289 e. The summed E-state index contributed by atoms with van der Waals surface area (Å²) in [6, 6.07) is 18.7. The molecule has 0 saturated heterocycles. The lowest BCUT2D eigenvalue weighted by Crippen LogP contribution is -2.12. The molecule has 1 aliphatic rings. The molecule has 1 heterocycles. The predicted molar refractivity (Wildman–Crippen MR) is 110 cm³/mol. The van der Waals surface area contributed by atoms with Gasteiger partial charge < -0.3 is 0 Å². The molecule has 0 atom stereocenters. The highest BCUT2D eigenvalue weighted by Crippen LogP contribution is 2.43. The smallest absolute Gasteiger partial charge is 0.195 e. The molecule has 0 N–H and O–H groups in total. The first-order chi connectivity index (χ1) is 13.0. The van der Waals surface area contributed by atoms with Crippen molar-refractivity contribution in [2.45, 2.75) is 20.8 Å². The van der Waals surface area contributed by atoms with Gasteiger partial charge in [0.25, 0.3) is 0 Å². The van der Waals surface area contributed by atoms with Crippen LogP contribution < -0.4 is 0 Å². The Hall–Kier alpha value is -3.26. The number of aryl methyl sites for hydroxylation is 3. The maximum absolute atomic E-state index is 13.2. The van der Waals surface area contributed by atoms with E-state index in [-0.39, 0.29) is 5.78 Å². The minimum atomic E-state index is 0.0665. The van der Waals surface area contributed by atoms with Gasteiger partial charge in [-0.25, -0.2) is 0 Å². The fraction of sp³-hybridized carbons (Fsp3) is 0.120. The van der Waals surface area contributed by atoms with Gasteiger partial charge in [0.1, 0.15) is 0 Å². The molecule has 0 aliphatic heterocycles. The van der Waals surface area contributed by atoms with Crippen molar-refractivity contribution < 1.29 is 4.79 Å². The van der Waals surface area contributed by atoms with Crippen LogP contribution in [0.25, 0.3) is 33.2 Å². The Bertz CT molecular complexity index is 1250. The third kappa shape index (κ3) is 2.26. The number of pyridine rings is 1. The van der Waals surface area contributed by atoms with Crippen LogP contribution in [0.15, 0.2) is 60.8 Å². The summed E-state index contributed by atoms with van der Waals surface area (Å²) in [5.41, 5.74) is 9.24. The lowest BCUT2D eigenvalue weighted by atomic mass is 9.81. The standard InChI is InChI=1S/C25H19NO/c1-14-10-15(2)12-17(11-14)24-19-8-5-7-18-22-16(3)6-4-9-20(22)25(27)21(13-26-24)23(18)19/h4-13H,1-3H3. The Kier molecular flexibility index (Phi) is 3.32. The lowest BCUT2D eigenvalue weighted by Gasteiger charge is -2.22. The third-order valence-electron chi connectivity index (χ3n) is 5.44. The number of aromatic nitrogens is 1. The molecule has 5 rings (SSSR count). The molecule has 0 fully saturated rings. The van der Waals surface area contributed by atoms with Gasteiger partial charge in [-0.1, -0.05) is 53.6 Å². The quantitative estimate of drug-likeness (QED) is 0.369. The molecule has 1 aliphatic carbocycles. The molecule has 0 bridgehead atoms. The number of fused-ring (bicyclic) bond motifs is 2. The monoisotopic (exact) mass is 349 g/mol. The first kappa shape index (κ1) is 16.0. The highest BCUT2D eigenvalue weighted by atomic mass is 16.1. The summed E-state index contributed by atoms with van der Waals surface area (Å²) in [5.74, 6) is 0.0665. The van der Waals surface area contributed by atoms with Crippen molar-refractivity contribution in [1.82, 2.24) is 4.98 Å². The van der Waals surface area contributed by atoms with Gasteiger partial charge in [0, 0.05) is 33.7 Å². The van der Waals surface area contributed by atoms with E-state index in [0.29, 0.717) is 5.56 Å². The normalized spacial score (nSPS) is 12.3. The van der Waals surface area contributed by atoms with Gasteiger partial charge in [-0.15, -0.1) is 0 Å². The Labute approximate surface area is 158 Å². The number of rotatable bonds is 1. The van der Waals surface area contributed by atoms with Crippen molar-refractivity contribution >= 4 is 16.6 Å². The molecule has 0 radical (unpaired) electrons. The zero-order chi connectivity index (χ0) is 18.7. The van der Waals surface area contributed by atoms with E-state index in [9.17, 15) is 4.79 Å². The van der Waals surface area contributed by atoms with Crippen molar-refractivity contribution in [3.05, 3.63) is 88.6 Å². The molecule has 0 spiro atoms. The zero-order valence-corrected chi connectivity index (χ0v) is 15.6. The third-order valence-corrected chi connectivity index (χ3v) is 5.44. The van der Waals surface area contributed by atoms with Gasteiger partial charge in [0.15, 0.2) is 5.78 Å². The molecule has 2 heteroatoms. The van der Waals surface area contributed by atoms with Crippen LogP contribution >= 0.6 is 0 Å². The minimum absolute atomic E-state index is 0.0665. The maximum Gasteiger partial charge on any atom is 0.195 e. The van der Waals surface area contributed by atoms with Gasteiger partial charge in [0.2, 0.25) is 0 Å². The predicted octanol–water partition coefficient (Wildman–Crippen LogP) is 6.04. The molecule has 27 heavy (non-hydrogen) atoms. The summed E-state index contributed by atoms with van der Waals surface area (Å²) < 4.78 is 0. The number of ketones is 1. The van der Waals surface area contributed by atoms with Crippen LogP contribution in [0, 0.1) is 20.8 Å². The van der Waals surface area contributed by atoms with Crippen molar-refractivity contribution in [1.29, 1.82) is 0 Å². The van der Waals surface area contributed by atoms with E-state index in [4.69, 9.17) is 4.98 Å². The summed E-state index contributed by atoms with van der Waals surface area (Å²) in [7, 11) is 0. The Morgan fingerprint density at radius 3 is 2.26 bits per heavy atom. The summed E-state index contributed by atoms with van der Waals surface area (Å²) in [6.45, 7) is 6.28. The van der Waals surface area contributed by atoms with Crippen LogP contribution in [0.2, 0.25) is 0 Å². The van der Waals surface area contributed by atoms with E-state index in [1.54, 1.807) is 6.20 Å². The molecular weight excluding hydrogens is 330 g/mol. The Balaban J connectivity index is 1.91. The first-order valence-electron chi connectivity index (χ1n) is 9.19. The average Bonchev–Trinajstić information content (AvgIpc) is 2.64. The van der Waals surface area contributed by atoms with Crippen LogP contribution in [0.1, 0.15) is 32.6 Å². The number of carbonyl (C=O) groups is 1. The molecule has 1 aromatic heterocycles. The molecular formula is C25H19NO. The summed E-state index contributed by atoms with van der Waals surface area (Å²) in [4.78, 5) is 17.9. The maximum atomic E-state index is 13.2. The van der Waals surface area contributed by atoms with Crippen LogP contribution in [0.4, 0.5) is 0 Å². The van der Waals surface area contributed by atoms with Crippen molar-refractivity contribution in [3.8, 4) is 22.4 Å². The minimum Gasteiger partial charge on any atom is -0.289 e. The topological polar surface area (TPSA) is 30.0 Å². The molecule has 130 valence electrons. The van der Waals surface area contributed by atoms with E-state index < -0.39 is 0 Å². The number of hydrogen-bond donors (Lipinski definition) is 0. The Morgan fingerprint density at radius 2 is 1.48 bits per heavy atom. The van der Waals surface area contributed by atoms with Gasteiger partial charge in [-0.05, 0) is 49.6 Å². The highest BCUT2D eigenvalue weighted by molar-refractivity contribution is 6.27. The fourth-order valence-electron chi connectivity index (χ4n) is 4.38. The number of nitrogens with zero attached hydrogens (tertiary/aromatic N) is 1. The highest BCUT2D eigenvalue weighted by Gasteiger charge is 2.27. The van der Waals surface area contributed by atoms with Crippen molar-refractivity contribution in [2.24, 2.45) is 0 Å². The van der Waals surface area contributed by atoms with E-state index in [1.165, 1.54) is 11.1 Å².